The van der Waals surface area contributed by atoms with E-state index in [1.54, 1.807) is 12.2 Å². The number of aliphatic hydroxyl groups is 5. The number of allylic oxidation sites excluding steroid dienone is 6. The molecule has 0 radical (unpaired) electrons. The summed E-state index contributed by atoms with van der Waals surface area (Å²) in [6, 6.07) is 0. The van der Waals surface area contributed by atoms with Crippen LogP contribution in [-0.4, -0.2) is 106 Å². The van der Waals surface area contributed by atoms with Crippen molar-refractivity contribution in [1.29, 1.82) is 0 Å². The molecule has 1 rings (SSSR count). The van der Waals surface area contributed by atoms with Crippen molar-refractivity contribution in [1.82, 2.24) is 0 Å². The van der Waals surface area contributed by atoms with Crippen LogP contribution in [0.3, 0.4) is 0 Å². The van der Waals surface area contributed by atoms with Gasteiger partial charge < -0.3 is 44.6 Å². The van der Waals surface area contributed by atoms with Gasteiger partial charge in [0.05, 0.1) is 38.1 Å². The number of hydrogen-bond acceptors (Lipinski definition) is 13. The third-order valence-corrected chi connectivity index (χ3v) is 10.7. The Morgan fingerprint density at radius 2 is 1.37 bits per heavy atom. The molecule has 1 fully saturated rings. The first-order valence-corrected chi connectivity index (χ1v) is 23.5. The number of rotatable bonds is 36. The Hall–Kier alpha value is -2.23. The molecular formula is C44H77O14P. The number of aliphatic hydroxyl groups excluding tert-OH is 5. The van der Waals surface area contributed by atoms with Crippen molar-refractivity contribution in [2.24, 2.45) is 5.92 Å². The van der Waals surface area contributed by atoms with Crippen LogP contribution in [0.5, 0.6) is 0 Å². The summed E-state index contributed by atoms with van der Waals surface area (Å²) >= 11 is 0. The summed E-state index contributed by atoms with van der Waals surface area (Å²) in [4.78, 5) is 35.2. The molecule has 0 aromatic heterocycles. The summed E-state index contributed by atoms with van der Waals surface area (Å²) in [6.07, 6.45) is 26.9. The first-order chi connectivity index (χ1) is 28.4. The van der Waals surface area contributed by atoms with Crippen LogP contribution < -0.4 is 0 Å². The fourth-order valence-electron chi connectivity index (χ4n) is 6.24. The van der Waals surface area contributed by atoms with Gasteiger partial charge in [0, 0.05) is 25.2 Å². The van der Waals surface area contributed by atoms with Crippen molar-refractivity contribution in [2.45, 2.75) is 185 Å². The fourth-order valence-corrected chi connectivity index (χ4v) is 7.03. The smallest absolute Gasteiger partial charge is 0.462 e. The predicted octanol–water partition coefficient (Wildman–Crippen LogP) is 7.44. The lowest BCUT2D eigenvalue weighted by Crippen LogP contribution is -2.43. The second kappa shape index (κ2) is 35.4. The highest BCUT2D eigenvalue weighted by atomic mass is 31.2. The SMILES string of the molecule is CCCCC/C=C\C/C=C\CCCCCCCC(=O)O[C@H](COC(=O)CCC/C=C\C[C@H]1[C@@H](O)CC(O)O[C@@H]1/C=C/[C@@H](O)CCCCC)COP(=O)(O)OC[C@@H](O)CO. The van der Waals surface area contributed by atoms with Crippen molar-refractivity contribution >= 4 is 19.8 Å². The van der Waals surface area contributed by atoms with Crippen LogP contribution in [0.25, 0.3) is 0 Å². The zero-order valence-corrected chi connectivity index (χ0v) is 36.6. The highest BCUT2D eigenvalue weighted by molar-refractivity contribution is 7.47. The minimum atomic E-state index is -4.69. The van der Waals surface area contributed by atoms with Crippen molar-refractivity contribution in [3.63, 3.8) is 0 Å². The summed E-state index contributed by atoms with van der Waals surface area (Å²) in [5.74, 6) is -1.47. The van der Waals surface area contributed by atoms with Crippen LogP contribution in [0.1, 0.15) is 149 Å². The van der Waals surface area contributed by atoms with Crippen molar-refractivity contribution in [3.8, 4) is 0 Å². The minimum absolute atomic E-state index is 0.0428. The lowest BCUT2D eigenvalue weighted by molar-refractivity contribution is -0.199. The summed E-state index contributed by atoms with van der Waals surface area (Å²) < 4.78 is 38.3. The van der Waals surface area contributed by atoms with Crippen LogP contribution in [-0.2, 0) is 37.4 Å². The molecule has 0 amide bonds. The van der Waals surface area contributed by atoms with Gasteiger partial charge in [-0.05, 0) is 64.2 Å². The van der Waals surface area contributed by atoms with Gasteiger partial charge in [0.2, 0.25) is 0 Å². The van der Waals surface area contributed by atoms with E-state index in [4.69, 9.17) is 23.8 Å². The minimum Gasteiger partial charge on any atom is -0.462 e. The first kappa shape index (κ1) is 54.8. The largest absolute Gasteiger partial charge is 0.472 e. The molecule has 0 spiro atoms. The molecule has 0 bridgehead atoms. The van der Waals surface area contributed by atoms with E-state index in [2.05, 4.69) is 42.7 Å². The summed E-state index contributed by atoms with van der Waals surface area (Å²) in [6.45, 7) is 1.91. The van der Waals surface area contributed by atoms with E-state index in [0.29, 0.717) is 32.1 Å². The molecule has 1 saturated heterocycles. The molecule has 342 valence electrons. The number of ether oxygens (including phenoxy) is 3. The summed E-state index contributed by atoms with van der Waals surface area (Å²) in [7, 11) is -4.69. The van der Waals surface area contributed by atoms with Crippen LogP contribution in [0.15, 0.2) is 48.6 Å². The Balaban J connectivity index is 2.52. The first-order valence-electron chi connectivity index (χ1n) is 22.0. The second-order valence-electron chi connectivity index (χ2n) is 15.2. The Morgan fingerprint density at radius 1 is 0.763 bits per heavy atom. The van der Waals surface area contributed by atoms with Crippen LogP contribution in [0, 0.1) is 5.92 Å². The Labute approximate surface area is 353 Å². The van der Waals surface area contributed by atoms with E-state index in [-0.39, 0.29) is 25.2 Å². The van der Waals surface area contributed by atoms with Gasteiger partial charge in [-0.2, -0.15) is 0 Å². The van der Waals surface area contributed by atoms with Gasteiger partial charge in [-0.3, -0.25) is 18.6 Å². The lowest BCUT2D eigenvalue weighted by Gasteiger charge is -2.36. The van der Waals surface area contributed by atoms with Crippen LogP contribution in [0.2, 0.25) is 0 Å². The number of hydrogen-bond donors (Lipinski definition) is 6. The topological polar surface area (TPSA) is 219 Å². The zero-order valence-electron chi connectivity index (χ0n) is 35.7. The Bertz CT molecular complexity index is 1240. The van der Waals surface area contributed by atoms with Crippen LogP contribution in [0.4, 0.5) is 0 Å². The van der Waals surface area contributed by atoms with Gasteiger partial charge in [0.1, 0.15) is 12.7 Å². The summed E-state index contributed by atoms with van der Waals surface area (Å²) in [5, 5.41) is 49.3. The van der Waals surface area contributed by atoms with Crippen molar-refractivity contribution in [3.05, 3.63) is 48.6 Å². The van der Waals surface area contributed by atoms with Gasteiger partial charge in [0.15, 0.2) is 12.4 Å². The monoisotopic (exact) mass is 861 g/mol. The number of carbonyl (C=O) groups excluding carboxylic acids is 2. The van der Waals surface area contributed by atoms with Gasteiger partial charge >= 0.3 is 19.8 Å². The molecule has 1 heterocycles. The molecule has 15 heteroatoms. The normalized spacial score (nSPS) is 21.4. The molecule has 0 saturated carbocycles. The second-order valence-corrected chi connectivity index (χ2v) is 16.7. The molecule has 0 aromatic rings. The quantitative estimate of drug-likeness (QED) is 0.0156. The molecule has 2 unspecified atom stereocenters. The number of esters is 2. The number of phosphoric acid groups is 1. The van der Waals surface area contributed by atoms with E-state index in [0.717, 1.165) is 64.2 Å². The van der Waals surface area contributed by atoms with Gasteiger partial charge in [-0.1, -0.05) is 114 Å². The zero-order chi connectivity index (χ0) is 43.6. The highest BCUT2D eigenvalue weighted by Gasteiger charge is 2.35. The average Bonchev–Trinajstić information content (AvgIpc) is 3.20. The molecule has 59 heavy (non-hydrogen) atoms. The summed E-state index contributed by atoms with van der Waals surface area (Å²) in [5.41, 5.74) is 0. The van der Waals surface area contributed by atoms with Gasteiger partial charge in [-0.25, -0.2) is 4.57 Å². The molecule has 1 aliphatic heterocycles. The van der Waals surface area contributed by atoms with E-state index in [1.807, 2.05) is 12.2 Å². The van der Waals surface area contributed by atoms with E-state index >= 15 is 0 Å². The molecule has 6 N–H and O–H groups in total. The third-order valence-electron chi connectivity index (χ3n) is 9.75. The third kappa shape index (κ3) is 30.4. The van der Waals surface area contributed by atoms with E-state index in [1.165, 1.54) is 19.3 Å². The predicted molar refractivity (Wildman–Crippen MR) is 227 cm³/mol. The maximum atomic E-state index is 12.7. The van der Waals surface area contributed by atoms with Gasteiger partial charge in [0.25, 0.3) is 0 Å². The number of carbonyl (C=O) groups is 2. The highest BCUT2D eigenvalue weighted by Crippen LogP contribution is 2.43. The van der Waals surface area contributed by atoms with Gasteiger partial charge in [-0.15, -0.1) is 0 Å². The lowest BCUT2D eigenvalue weighted by atomic mass is 9.87. The van der Waals surface area contributed by atoms with E-state index < -0.39 is 83.0 Å². The van der Waals surface area contributed by atoms with E-state index in [9.17, 15) is 39.5 Å². The molecule has 8 atom stereocenters. The maximum Gasteiger partial charge on any atom is 0.472 e. The number of phosphoric ester groups is 1. The standard InChI is InChI=1S/C44H77O14P/c1-3-5-7-8-9-10-11-12-13-14-15-16-17-18-24-28-43(50)57-38(35-56-59(52,53)55-33-37(47)32-45)34-54-42(49)27-23-20-19-22-26-39-40(48)31-44(51)58-41(39)30-29-36(46)25-21-6-4-2/h9-10,12-13,19,22,29-30,36-41,44-48,51H,3-8,11,14-18,20-21,23-28,31-35H2,1-2H3,(H,52,53)/b10-9-,13-12-,22-19-,30-29+/t36-,37-,38+,39-,40-,41+,44?/m0/s1. The van der Waals surface area contributed by atoms with Crippen LogP contribution >= 0.6 is 7.82 Å². The molecule has 0 aromatic carbocycles. The molecule has 14 nitrogen and oxygen atoms in total. The molecule has 0 aliphatic carbocycles. The number of unbranched alkanes of at least 4 members (excludes halogenated alkanes) is 11. The average molecular weight is 861 g/mol. The molecular weight excluding hydrogens is 783 g/mol. The Kier molecular flexibility index (Phi) is 32.8. The van der Waals surface area contributed by atoms with Crippen molar-refractivity contribution < 1.29 is 67.8 Å². The van der Waals surface area contributed by atoms with Crippen molar-refractivity contribution in [2.75, 3.05) is 26.4 Å². The fraction of sp³-hybridized carbons (Fsp3) is 0.773. The molecule has 1 aliphatic rings. The Morgan fingerprint density at radius 3 is 2.08 bits per heavy atom. The maximum absolute atomic E-state index is 12.7.